The van der Waals surface area contributed by atoms with Crippen LogP contribution in [0.25, 0.3) is 0 Å². The van der Waals surface area contributed by atoms with Crippen molar-refractivity contribution in [3.05, 3.63) is 29.3 Å². The quantitative estimate of drug-likeness (QED) is 0.776. The number of hydrogen-bond acceptors (Lipinski definition) is 1. The van der Waals surface area contributed by atoms with Crippen molar-refractivity contribution in [2.75, 3.05) is 4.90 Å². The highest BCUT2D eigenvalue weighted by Crippen LogP contribution is 2.35. The molecule has 1 heterocycles. The molecule has 3 heteroatoms. The Kier molecular flexibility index (Phi) is 3.88. The molecule has 0 aromatic heterocycles. The fraction of sp³-hybridized carbons (Fsp3) is 0.600. The standard InChI is InChI=1S/C15H21F2N/c1-4-11-8-13(16)15(14(17)9-11)18-10(3)6-7-12(18)5-2/h8-10,12H,4-7H2,1-3H3. The van der Waals surface area contributed by atoms with Gasteiger partial charge in [0.1, 0.15) is 17.3 Å². The average molecular weight is 253 g/mol. The first-order chi connectivity index (χ1) is 8.58. The van der Waals surface area contributed by atoms with Gasteiger partial charge in [0.15, 0.2) is 0 Å². The Morgan fingerprint density at radius 1 is 1.17 bits per heavy atom. The van der Waals surface area contributed by atoms with Crippen LogP contribution in [0.2, 0.25) is 0 Å². The van der Waals surface area contributed by atoms with E-state index < -0.39 is 11.6 Å². The highest BCUT2D eigenvalue weighted by Gasteiger charge is 2.33. The smallest absolute Gasteiger partial charge is 0.149 e. The molecule has 100 valence electrons. The van der Waals surface area contributed by atoms with Gasteiger partial charge in [0.05, 0.1) is 0 Å². The minimum absolute atomic E-state index is 0.170. The fourth-order valence-corrected chi connectivity index (χ4v) is 2.94. The summed E-state index contributed by atoms with van der Waals surface area (Å²) in [6.45, 7) is 6.02. The second-order valence-electron chi connectivity index (χ2n) is 5.16. The van der Waals surface area contributed by atoms with E-state index in [2.05, 4.69) is 6.92 Å². The van der Waals surface area contributed by atoms with Crippen molar-refractivity contribution in [2.45, 2.75) is 58.5 Å². The van der Waals surface area contributed by atoms with Crippen molar-refractivity contribution in [1.82, 2.24) is 0 Å². The number of halogens is 2. The summed E-state index contributed by atoms with van der Waals surface area (Å²) in [7, 11) is 0. The number of hydrogen-bond donors (Lipinski definition) is 0. The van der Waals surface area contributed by atoms with Gasteiger partial charge in [0, 0.05) is 12.1 Å². The van der Waals surface area contributed by atoms with Gasteiger partial charge in [-0.3, -0.25) is 0 Å². The Morgan fingerprint density at radius 2 is 1.78 bits per heavy atom. The molecule has 2 unspecified atom stereocenters. The molecular weight excluding hydrogens is 232 g/mol. The first kappa shape index (κ1) is 13.3. The van der Waals surface area contributed by atoms with Crippen LogP contribution in [-0.4, -0.2) is 12.1 Å². The maximum atomic E-state index is 14.2. The highest BCUT2D eigenvalue weighted by molar-refractivity contribution is 5.53. The molecule has 1 saturated heterocycles. The summed E-state index contributed by atoms with van der Waals surface area (Å²) in [5, 5.41) is 0. The van der Waals surface area contributed by atoms with Crippen LogP contribution in [0.15, 0.2) is 12.1 Å². The molecule has 0 aliphatic carbocycles. The van der Waals surface area contributed by atoms with Gasteiger partial charge in [0.25, 0.3) is 0 Å². The first-order valence-corrected chi connectivity index (χ1v) is 6.84. The van der Waals surface area contributed by atoms with E-state index in [4.69, 9.17) is 0 Å². The molecule has 2 atom stereocenters. The van der Waals surface area contributed by atoms with E-state index in [-0.39, 0.29) is 17.8 Å². The number of benzene rings is 1. The minimum atomic E-state index is -0.418. The molecule has 0 radical (unpaired) electrons. The topological polar surface area (TPSA) is 3.24 Å². The summed E-state index contributed by atoms with van der Waals surface area (Å²) < 4.78 is 28.3. The first-order valence-electron chi connectivity index (χ1n) is 6.84. The molecule has 1 aliphatic heterocycles. The molecule has 0 amide bonds. The third-order valence-electron chi connectivity index (χ3n) is 4.00. The summed E-state index contributed by atoms with van der Waals surface area (Å²) in [5.74, 6) is -0.835. The van der Waals surface area contributed by atoms with Crippen LogP contribution in [0.1, 0.15) is 45.6 Å². The number of nitrogens with zero attached hydrogens (tertiary/aromatic N) is 1. The van der Waals surface area contributed by atoms with Gasteiger partial charge >= 0.3 is 0 Å². The predicted octanol–water partition coefficient (Wildman–Crippen LogP) is 4.29. The zero-order valence-corrected chi connectivity index (χ0v) is 11.3. The summed E-state index contributed by atoms with van der Waals surface area (Å²) in [6.07, 6.45) is 3.61. The Hall–Kier alpha value is -1.12. The lowest BCUT2D eigenvalue weighted by Gasteiger charge is -2.31. The van der Waals surface area contributed by atoms with Crippen molar-refractivity contribution < 1.29 is 8.78 Å². The van der Waals surface area contributed by atoms with E-state index in [0.717, 1.165) is 19.3 Å². The van der Waals surface area contributed by atoms with Gasteiger partial charge in [0.2, 0.25) is 0 Å². The predicted molar refractivity (Wildman–Crippen MR) is 71.0 cm³/mol. The van der Waals surface area contributed by atoms with Crippen molar-refractivity contribution in [3.8, 4) is 0 Å². The molecule has 18 heavy (non-hydrogen) atoms. The van der Waals surface area contributed by atoms with E-state index in [1.807, 2.05) is 18.7 Å². The van der Waals surface area contributed by atoms with Crippen molar-refractivity contribution in [3.63, 3.8) is 0 Å². The normalized spacial score (nSPS) is 23.7. The molecule has 0 N–H and O–H groups in total. The van der Waals surface area contributed by atoms with Crippen molar-refractivity contribution in [1.29, 1.82) is 0 Å². The Bertz CT molecular complexity index is 407. The van der Waals surface area contributed by atoms with Gasteiger partial charge in [-0.05, 0) is 50.3 Å². The van der Waals surface area contributed by atoms with Crippen LogP contribution in [0.5, 0.6) is 0 Å². The Morgan fingerprint density at radius 3 is 2.28 bits per heavy atom. The zero-order chi connectivity index (χ0) is 13.3. The van der Waals surface area contributed by atoms with Crippen LogP contribution >= 0.6 is 0 Å². The molecule has 1 fully saturated rings. The summed E-state index contributed by atoms with van der Waals surface area (Å²) >= 11 is 0. The van der Waals surface area contributed by atoms with Gasteiger partial charge in [-0.1, -0.05) is 13.8 Å². The maximum Gasteiger partial charge on any atom is 0.149 e. The van der Waals surface area contributed by atoms with Gasteiger partial charge < -0.3 is 4.90 Å². The number of rotatable bonds is 3. The number of aryl methyl sites for hydroxylation is 1. The number of anilines is 1. The molecule has 1 nitrogen and oxygen atoms in total. The Balaban J connectivity index is 2.43. The molecule has 0 saturated carbocycles. The largest absolute Gasteiger partial charge is 0.361 e. The van der Waals surface area contributed by atoms with E-state index in [0.29, 0.717) is 12.0 Å². The van der Waals surface area contributed by atoms with E-state index in [9.17, 15) is 8.78 Å². The molecule has 0 spiro atoms. The molecule has 1 aliphatic rings. The van der Waals surface area contributed by atoms with E-state index >= 15 is 0 Å². The van der Waals surface area contributed by atoms with Gasteiger partial charge in [-0.25, -0.2) is 8.78 Å². The molecule has 0 bridgehead atoms. The molecule has 2 rings (SSSR count). The second-order valence-corrected chi connectivity index (χ2v) is 5.16. The van der Waals surface area contributed by atoms with Crippen LogP contribution < -0.4 is 4.90 Å². The average Bonchev–Trinajstić information content (AvgIpc) is 2.70. The third kappa shape index (κ3) is 2.23. The van der Waals surface area contributed by atoms with Crippen LogP contribution in [0, 0.1) is 11.6 Å². The third-order valence-corrected chi connectivity index (χ3v) is 4.00. The van der Waals surface area contributed by atoms with Gasteiger partial charge in [-0.15, -0.1) is 0 Å². The molecular formula is C15H21F2N. The second kappa shape index (κ2) is 5.25. The lowest BCUT2D eigenvalue weighted by atomic mass is 10.1. The van der Waals surface area contributed by atoms with E-state index in [1.54, 1.807) is 0 Å². The van der Waals surface area contributed by atoms with Crippen LogP contribution in [0.3, 0.4) is 0 Å². The monoisotopic (exact) mass is 253 g/mol. The summed E-state index contributed by atoms with van der Waals surface area (Å²) in [6, 6.07) is 3.41. The molecule has 1 aromatic carbocycles. The fourth-order valence-electron chi connectivity index (χ4n) is 2.94. The SMILES string of the molecule is CCc1cc(F)c(N2C(C)CCC2CC)c(F)c1. The maximum absolute atomic E-state index is 14.2. The van der Waals surface area contributed by atoms with Gasteiger partial charge in [-0.2, -0.15) is 0 Å². The lowest BCUT2D eigenvalue weighted by molar-refractivity contribution is 0.541. The Labute approximate surface area is 108 Å². The summed E-state index contributed by atoms with van der Waals surface area (Å²) in [5.41, 5.74) is 0.887. The van der Waals surface area contributed by atoms with Crippen molar-refractivity contribution in [2.24, 2.45) is 0 Å². The zero-order valence-electron chi connectivity index (χ0n) is 11.3. The molecule has 1 aromatic rings. The van der Waals surface area contributed by atoms with Crippen molar-refractivity contribution >= 4 is 5.69 Å². The van der Waals surface area contributed by atoms with Crippen LogP contribution in [-0.2, 0) is 6.42 Å². The van der Waals surface area contributed by atoms with E-state index in [1.165, 1.54) is 12.1 Å². The summed E-state index contributed by atoms with van der Waals surface area (Å²) in [4.78, 5) is 1.93. The highest BCUT2D eigenvalue weighted by atomic mass is 19.1. The minimum Gasteiger partial charge on any atom is -0.361 e. The lowest BCUT2D eigenvalue weighted by Crippen LogP contribution is -2.35. The van der Waals surface area contributed by atoms with Crippen LogP contribution in [0.4, 0.5) is 14.5 Å².